The summed E-state index contributed by atoms with van der Waals surface area (Å²) in [6.45, 7) is 10.4. The van der Waals surface area contributed by atoms with Crippen molar-refractivity contribution in [2.24, 2.45) is 0 Å². The third kappa shape index (κ3) is 5.42. The topological polar surface area (TPSA) is 119 Å². The maximum Gasteiger partial charge on any atom is 0.410 e. The van der Waals surface area contributed by atoms with E-state index in [0.717, 1.165) is 42.3 Å². The van der Waals surface area contributed by atoms with E-state index in [1.165, 1.54) is 6.33 Å². The van der Waals surface area contributed by atoms with E-state index in [1.54, 1.807) is 17.0 Å². The lowest BCUT2D eigenvalue weighted by Gasteiger charge is -2.36. The number of aromatic nitrogens is 4. The number of aryl methyl sites for hydroxylation is 1. The van der Waals surface area contributed by atoms with Crippen LogP contribution in [0.5, 0.6) is 11.5 Å². The summed E-state index contributed by atoms with van der Waals surface area (Å²) >= 11 is 0. The summed E-state index contributed by atoms with van der Waals surface area (Å²) in [5.74, 6) is 1.83. The molecule has 11 nitrogen and oxygen atoms in total. The number of hydrogen-bond acceptors (Lipinski definition) is 9. The molecule has 218 valence electrons. The van der Waals surface area contributed by atoms with Crippen molar-refractivity contribution >= 4 is 33.7 Å². The summed E-state index contributed by atoms with van der Waals surface area (Å²) in [6.07, 6.45) is 6.00. The minimum atomic E-state index is -0.549. The summed E-state index contributed by atoms with van der Waals surface area (Å²) in [7, 11) is 0. The van der Waals surface area contributed by atoms with Crippen LogP contribution in [-0.2, 0) is 9.47 Å². The number of carbonyl (C=O) groups excluding carboxylic acids is 1. The fourth-order valence-electron chi connectivity index (χ4n) is 5.54. The SMILES string of the molecule is Cc1ccc2c(cnn2C2CCCCO2)c1Oc1cc(C#N)cc2c(N3CCN(C(=O)OC(C)(C)C)CC3)ncnc12. The van der Waals surface area contributed by atoms with Crippen LogP contribution >= 0.6 is 0 Å². The van der Waals surface area contributed by atoms with Gasteiger partial charge >= 0.3 is 6.09 Å². The van der Waals surface area contributed by atoms with E-state index < -0.39 is 5.60 Å². The average Bonchev–Trinajstić information content (AvgIpc) is 3.42. The molecule has 1 amide bonds. The average molecular weight is 570 g/mol. The van der Waals surface area contributed by atoms with Crippen molar-refractivity contribution in [3.63, 3.8) is 0 Å². The fourth-order valence-corrected chi connectivity index (χ4v) is 5.54. The number of hydrogen-bond donors (Lipinski definition) is 0. The predicted octanol–water partition coefficient (Wildman–Crippen LogP) is 5.71. The summed E-state index contributed by atoms with van der Waals surface area (Å²) < 4.78 is 20.1. The molecule has 4 aromatic rings. The molecule has 2 aromatic heterocycles. The van der Waals surface area contributed by atoms with E-state index in [9.17, 15) is 10.1 Å². The van der Waals surface area contributed by atoms with Crippen molar-refractivity contribution in [1.29, 1.82) is 5.26 Å². The van der Waals surface area contributed by atoms with Crippen molar-refractivity contribution < 1.29 is 19.0 Å². The van der Waals surface area contributed by atoms with E-state index in [4.69, 9.17) is 14.2 Å². The Morgan fingerprint density at radius 1 is 1.10 bits per heavy atom. The Hall–Kier alpha value is -4.43. The largest absolute Gasteiger partial charge is 0.454 e. The molecule has 2 saturated heterocycles. The molecule has 42 heavy (non-hydrogen) atoms. The molecule has 1 unspecified atom stereocenters. The molecule has 4 heterocycles. The van der Waals surface area contributed by atoms with Gasteiger partial charge < -0.3 is 24.0 Å². The molecule has 2 aromatic carbocycles. The van der Waals surface area contributed by atoms with Crippen molar-refractivity contribution in [3.05, 3.63) is 47.9 Å². The first-order valence-corrected chi connectivity index (χ1v) is 14.4. The number of piperazine rings is 1. The van der Waals surface area contributed by atoms with Gasteiger partial charge in [-0.3, -0.25) is 0 Å². The Morgan fingerprint density at radius 3 is 2.62 bits per heavy atom. The number of nitriles is 1. The zero-order chi connectivity index (χ0) is 29.4. The van der Waals surface area contributed by atoms with Gasteiger partial charge in [0.15, 0.2) is 12.0 Å². The van der Waals surface area contributed by atoms with E-state index in [-0.39, 0.29) is 12.3 Å². The molecule has 1 atom stereocenters. The first kappa shape index (κ1) is 27.7. The normalized spacial score (nSPS) is 17.8. The van der Waals surface area contributed by atoms with Crippen LogP contribution in [0.3, 0.4) is 0 Å². The number of anilines is 1. The smallest absolute Gasteiger partial charge is 0.410 e. The number of ether oxygens (including phenoxy) is 3. The van der Waals surface area contributed by atoms with Crippen molar-refractivity contribution in [1.82, 2.24) is 24.6 Å². The Kier molecular flexibility index (Phi) is 7.33. The van der Waals surface area contributed by atoms with Crippen LogP contribution in [0.2, 0.25) is 0 Å². The lowest BCUT2D eigenvalue weighted by molar-refractivity contribution is -0.0366. The summed E-state index contributed by atoms with van der Waals surface area (Å²) in [5.41, 5.74) is 2.37. The monoisotopic (exact) mass is 569 g/mol. The molecular weight excluding hydrogens is 534 g/mol. The van der Waals surface area contributed by atoms with Crippen LogP contribution in [0.15, 0.2) is 36.8 Å². The number of rotatable bonds is 4. The molecule has 0 N–H and O–H groups in total. The van der Waals surface area contributed by atoms with Crippen LogP contribution in [0, 0.1) is 18.3 Å². The van der Waals surface area contributed by atoms with Crippen molar-refractivity contribution in [2.75, 3.05) is 37.7 Å². The van der Waals surface area contributed by atoms with Crippen LogP contribution in [-0.4, -0.2) is 69.1 Å². The van der Waals surface area contributed by atoms with Crippen LogP contribution < -0.4 is 9.64 Å². The molecule has 2 aliphatic heterocycles. The Morgan fingerprint density at radius 2 is 1.90 bits per heavy atom. The maximum absolute atomic E-state index is 12.6. The number of amides is 1. The first-order valence-electron chi connectivity index (χ1n) is 14.4. The molecule has 11 heteroatoms. The number of nitrogens with zero attached hydrogens (tertiary/aromatic N) is 7. The highest BCUT2D eigenvalue weighted by Gasteiger charge is 2.28. The van der Waals surface area contributed by atoms with Crippen molar-refractivity contribution in [3.8, 4) is 17.6 Å². The Labute approximate surface area is 244 Å². The van der Waals surface area contributed by atoms with Crippen LogP contribution in [0.4, 0.5) is 10.6 Å². The van der Waals surface area contributed by atoms with E-state index in [0.29, 0.717) is 60.0 Å². The molecule has 0 saturated carbocycles. The molecule has 0 aliphatic carbocycles. The number of carbonyl (C=O) groups is 1. The summed E-state index contributed by atoms with van der Waals surface area (Å²) in [6, 6.07) is 9.83. The number of fused-ring (bicyclic) bond motifs is 2. The van der Waals surface area contributed by atoms with Gasteiger partial charge in [0.05, 0.1) is 28.7 Å². The summed E-state index contributed by atoms with van der Waals surface area (Å²) in [4.78, 5) is 25.6. The molecule has 2 aliphatic rings. The van der Waals surface area contributed by atoms with E-state index in [2.05, 4.69) is 26.0 Å². The zero-order valence-corrected chi connectivity index (χ0v) is 24.5. The van der Waals surface area contributed by atoms with Crippen LogP contribution in [0.1, 0.15) is 57.4 Å². The maximum atomic E-state index is 12.6. The molecular formula is C31H35N7O4. The van der Waals surface area contributed by atoms with Gasteiger partial charge in [-0.2, -0.15) is 10.4 Å². The minimum absolute atomic E-state index is 0.0966. The van der Waals surface area contributed by atoms with Gasteiger partial charge in [-0.05, 0) is 64.7 Å². The van der Waals surface area contributed by atoms with E-state index >= 15 is 0 Å². The predicted molar refractivity (Wildman–Crippen MR) is 158 cm³/mol. The molecule has 0 radical (unpaired) electrons. The van der Waals surface area contributed by atoms with Gasteiger partial charge in [-0.25, -0.2) is 19.4 Å². The third-order valence-corrected chi connectivity index (χ3v) is 7.61. The molecule has 0 spiro atoms. The second-order valence-electron chi connectivity index (χ2n) is 11.8. The van der Waals surface area contributed by atoms with Gasteiger partial charge in [-0.15, -0.1) is 0 Å². The van der Waals surface area contributed by atoms with E-state index in [1.807, 2.05) is 50.7 Å². The first-order chi connectivity index (χ1) is 20.2. The summed E-state index contributed by atoms with van der Waals surface area (Å²) in [5, 5.41) is 16.2. The van der Waals surface area contributed by atoms with Gasteiger partial charge in [-0.1, -0.05) is 6.07 Å². The van der Waals surface area contributed by atoms with Gasteiger partial charge in [0.1, 0.15) is 29.0 Å². The third-order valence-electron chi connectivity index (χ3n) is 7.61. The fraction of sp³-hybridized carbons (Fsp3) is 0.452. The van der Waals surface area contributed by atoms with Gasteiger partial charge in [0, 0.05) is 44.2 Å². The lowest BCUT2D eigenvalue weighted by atomic mass is 10.1. The Bertz CT molecular complexity index is 1670. The minimum Gasteiger partial charge on any atom is -0.454 e. The number of benzene rings is 2. The highest BCUT2D eigenvalue weighted by atomic mass is 16.6. The molecule has 2 fully saturated rings. The van der Waals surface area contributed by atoms with Crippen molar-refractivity contribution in [2.45, 2.75) is 58.8 Å². The standard InChI is InChI=1S/C31H35N7O4/c1-20-8-9-24-23(18-35-38(24)26-7-5-6-14-40-26)28(20)41-25-16-21(17-32)15-22-27(25)33-19-34-29(22)36-10-12-37(13-11-36)30(39)42-31(2,3)4/h8-9,15-16,18-19,26H,5-7,10-14H2,1-4H3. The second-order valence-corrected chi connectivity index (χ2v) is 11.8. The Balaban J connectivity index is 1.32. The highest BCUT2D eigenvalue weighted by molar-refractivity contribution is 5.95. The molecule has 6 rings (SSSR count). The lowest BCUT2D eigenvalue weighted by Crippen LogP contribution is -2.50. The van der Waals surface area contributed by atoms with Gasteiger partial charge in [0.2, 0.25) is 0 Å². The second kappa shape index (κ2) is 11.1. The highest BCUT2D eigenvalue weighted by Crippen LogP contribution is 2.39. The quantitative estimate of drug-likeness (QED) is 0.304. The molecule has 0 bridgehead atoms. The van der Waals surface area contributed by atoms with Gasteiger partial charge in [0.25, 0.3) is 0 Å². The van der Waals surface area contributed by atoms with Crippen LogP contribution in [0.25, 0.3) is 21.8 Å². The zero-order valence-electron chi connectivity index (χ0n) is 24.5.